The predicted octanol–water partition coefficient (Wildman–Crippen LogP) is 8.33. The lowest BCUT2D eigenvalue weighted by Gasteiger charge is -2.41. The van der Waals surface area contributed by atoms with E-state index >= 15 is 0 Å². The van der Waals surface area contributed by atoms with Gasteiger partial charge in [0.2, 0.25) is 0 Å². The summed E-state index contributed by atoms with van der Waals surface area (Å²) in [5, 5.41) is 31.8. The van der Waals surface area contributed by atoms with Gasteiger partial charge in [-0.15, -0.1) is 0 Å². The minimum atomic E-state index is 0.0556. The van der Waals surface area contributed by atoms with Gasteiger partial charge in [0.25, 0.3) is 0 Å². The predicted molar refractivity (Wildman–Crippen MR) is 176 cm³/mol. The summed E-state index contributed by atoms with van der Waals surface area (Å²) < 4.78 is 12.3. The van der Waals surface area contributed by atoms with Crippen molar-refractivity contribution < 1.29 is 9.47 Å². The molecule has 44 heavy (non-hydrogen) atoms. The molecule has 234 valence electrons. The Kier molecular flexibility index (Phi) is 10.0. The Balaban J connectivity index is 1.18. The van der Waals surface area contributed by atoms with Crippen molar-refractivity contribution in [2.45, 2.75) is 91.0 Å². The first-order valence-electron chi connectivity index (χ1n) is 15.7. The number of nitrogens with zero attached hydrogens (tertiary/aromatic N) is 2. The molecule has 5 aliphatic rings. The number of nitrogens with one attached hydrogen (secondary N) is 1. The van der Waals surface area contributed by atoms with E-state index < -0.39 is 0 Å². The first kappa shape index (κ1) is 31.3. The fourth-order valence-corrected chi connectivity index (χ4v) is 5.74. The average molecular weight is 597 g/mol. The molecule has 8 heteroatoms. The summed E-state index contributed by atoms with van der Waals surface area (Å²) in [4.78, 5) is 0. The van der Waals surface area contributed by atoms with Crippen LogP contribution in [0.3, 0.4) is 0 Å². The van der Waals surface area contributed by atoms with Crippen LogP contribution in [0, 0.1) is 10.4 Å². The van der Waals surface area contributed by atoms with Gasteiger partial charge in [0.05, 0.1) is 11.7 Å². The molecular formula is C36H44N4O4-2. The van der Waals surface area contributed by atoms with Gasteiger partial charge in [-0.3, -0.25) is 0 Å². The van der Waals surface area contributed by atoms with Gasteiger partial charge < -0.3 is 41.1 Å². The van der Waals surface area contributed by atoms with Crippen molar-refractivity contribution in [3.8, 4) is 0 Å². The molecule has 0 bridgehead atoms. The van der Waals surface area contributed by atoms with Gasteiger partial charge in [-0.05, 0) is 107 Å². The van der Waals surface area contributed by atoms with Gasteiger partial charge in [-0.2, -0.15) is 0 Å². The minimum absolute atomic E-state index is 0.0556. The first-order valence-corrected chi connectivity index (χ1v) is 15.7. The highest BCUT2D eigenvalue weighted by Crippen LogP contribution is 2.34. The smallest absolute Gasteiger partial charge is 0.127 e. The molecule has 1 atom stereocenters. The standard InChI is InChI=1S/C36H44N4O4/c1-5-26(4)38-34-23-25(3)7-21-36(34)44-32-18-14-30(15-19-32)40(42)28-10-8-27(9-11-28)39(41)29-12-16-31(17-13-29)43-35-20-6-24(2)22-33(35)37/h7-8,10,12,14,16,18,21-22,34,38H,4-6,9,11,13,15,17,19-20,23,37H2,1-3H3/q-2. The first-order chi connectivity index (χ1) is 21.2. The summed E-state index contributed by atoms with van der Waals surface area (Å²) in [6, 6.07) is 0.0556. The molecule has 0 saturated carbocycles. The number of nitrogens with two attached hydrogens (primary N) is 1. The van der Waals surface area contributed by atoms with Crippen molar-refractivity contribution in [2.75, 3.05) is 0 Å². The number of hydrogen-bond donors (Lipinski definition) is 2. The van der Waals surface area contributed by atoms with Crippen molar-refractivity contribution in [2.24, 2.45) is 5.73 Å². The summed E-state index contributed by atoms with van der Waals surface area (Å²) >= 11 is 0. The Morgan fingerprint density at radius 3 is 1.82 bits per heavy atom. The monoisotopic (exact) mass is 596 g/mol. The van der Waals surface area contributed by atoms with Crippen LogP contribution in [-0.2, 0) is 9.47 Å². The number of ether oxygens (including phenoxy) is 2. The number of hydrogen-bond acceptors (Lipinski definition) is 8. The van der Waals surface area contributed by atoms with Crippen molar-refractivity contribution in [1.29, 1.82) is 0 Å². The summed E-state index contributed by atoms with van der Waals surface area (Å²) in [5.74, 6) is 3.33. The summed E-state index contributed by atoms with van der Waals surface area (Å²) in [6.07, 6.45) is 23.9. The van der Waals surface area contributed by atoms with Crippen LogP contribution in [0.25, 0.3) is 0 Å². The van der Waals surface area contributed by atoms with Crippen molar-refractivity contribution in [3.05, 3.63) is 140 Å². The molecule has 0 saturated heterocycles. The van der Waals surface area contributed by atoms with E-state index in [1.165, 1.54) is 11.1 Å². The number of hydroxylamine groups is 4. The highest BCUT2D eigenvalue weighted by molar-refractivity contribution is 5.34. The largest absolute Gasteiger partial charge is 0.754 e. The van der Waals surface area contributed by atoms with E-state index in [9.17, 15) is 10.4 Å². The van der Waals surface area contributed by atoms with E-state index in [1.807, 2.05) is 36.5 Å². The second-order valence-electron chi connectivity index (χ2n) is 12.0. The van der Waals surface area contributed by atoms with Gasteiger partial charge in [0, 0.05) is 47.7 Å². The molecule has 0 aromatic rings. The molecule has 5 rings (SSSR count). The lowest BCUT2D eigenvalue weighted by Crippen LogP contribution is -2.32. The highest BCUT2D eigenvalue weighted by atomic mass is 16.5. The second kappa shape index (κ2) is 14.1. The zero-order valence-corrected chi connectivity index (χ0v) is 26.2. The quantitative estimate of drug-likeness (QED) is 0.229. The zero-order chi connectivity index (χ0) is 31.2. The maximum atomic E-state index is 13.2. The molecule has 0 amide bonds. The molecule has 0 aromatic carbocycles. The zero-order valence-electron chi connectivity index (χ0n) is 26.2. The molecule has 0 fully saturated rings. The summed E-state index contributed by atoms with van der Waals surface area (Å²) in [6.45, 7) is 10.3. The Morgan fingerprint density at radius 1 is 0.773 bits per heavy atom. The second-order valence-corrected chi connectivity index (χ2v) is 12.0. The average Bonchev–Trinajstić information content (AvgIpc) is 3.03. The third-order valence-electron chi connectivity index (χ3n) is 8.51. The Labute approximate surface area is 261 Å². The molecule has 1 unspecified atom stereocenters. The molecule has 0 aliphatic heterocycles. The van der Waals surface area contributed by atoms with E-state index in [0.29, 0.717) is 67.0 Å². The lowest BCUT2D eigenvalue weighted by atomic mass is 9.99. The van der Waals surface area contributed by atoms with Crippen LogP contribution >= 0.6 is 0 Å². The SMILES string of the molecule is C=C(CC)NC1CC(C)=CC=C1OC1=CC=C(N([O-])C2=CC=C(N([O-])C3=CC=C(OC4=C(N)C=C(C)CC4)CC3)CC2)CC1. The molecule has 5 aliphatic carbocycles. The topological polar surface area (TPSA) is 109 Å². The molecule has 0 aromatic heterocycles. The molecule has 3 N–H and O–H groups in total. The number of rotatable bonds is 11. The molecule has 0 radical (unpaired) electrons. The lowest BCUT2D eigenvalue weighted by molar-refractivity contribution is 0.249. The van der Waals surface area contributed by atoms with E-state index in [-0.39, 0.29) is 6.04 Å². The summed E-state index contributed by atoms with van der Waals surface area (Å²) in [7, 11) is 0. The van der Waals surface area contributed by atoms with Crippen molar-refractivity contribution in [3.63, 3.8) is 0 Å². The highest BCUT2D eigenvalue weighted by Gasteiger charge is 2.22. The number of allylic oxidation sites excluding steroid dienone is 18. The fourth-order valence-electron chi connectivity index (χ4n) is 5.74. The van der Waals surface area contributed by atoms with E-state index in [1.54, 1.807) is 12.2 Å². The van der Waals surface area contributed by atoms with E-state index in [4.69, 9.17) is 15.2 Å². The van der Waals surface area contributed by atoms with Crippen LogP contribution in [0.4, 0.5) is 0 Å². The van der Waals surface area contributed by atoms with E-state index in [2.05, 4.69) is 38.7 Å². The maximum Gasteiger partial charge on any atom is 0.127 e. The molecule has 0 heterocycles. The normalized spacial score (nSPS) is 22.1. The van der Waals surface area contributed by atoms with Gasteiger partial charge in [-0.1, -0.05) is 30.7 Å². The Hall–Kier alpha value is -4.14. The van der Waals surface area contributed by atoms with Crippen molar-refractivity contribution >= 4 is 0 Å². The third kappa shape index (κ3) is 7.68. The van der Waals surface area contributed by atoms with E-state index in [0.717, 1.165) is 64.5 Å². The fraction of sp³-hybridized carbons (Fsp3) is 0.389. The third-order valence-corrected chi connectivity index (χ3v) is 8.51. The van der Waals surface area contributed by atoms with Crippen LogP contribution in [0.1, 0.15) is 85.0 Å². The molecule has 8 nitrogen and oxygen atoms in total. The van der Waals surface area contributed by atoms with Gasteiger partial charge in [0.15, 0.2) is 0 Å². The van der Waals surface area contributed by atoms with Gasteiger partial charge in [-0.25, -0.2) is 0 Å². The Bertz CT molecular complexity index is 1480. The summed E-state index contributed by atoms with van der Waals surface area (Å²) in [5.41, 5.74) is 13.0. The molecular weight excluding hydrogens is 552 g/mol. The van der Waals surface area contributed by atoms with Crippen molar-refractivity contribution in [1.82, 2.24) is 15.4 Å². The maximum absolute atomic E-state index is 13.2. The molecule has 0 spiro atoms. The van der Waals surface area contributed by atoms with Gasteiger partial charge >= 0.3 is 0 Å². The van der Waals surface area contributed by atoms with Crippen LogP contribution in [0.2, 0.25) is 0 Å². The Morgan fingerprint density at radius 2 is 1.32 bits per heavy atom. The minimum Gasteiger partial charge on any atom is -0.754 e. The van der Waals surface area contributed by atoms with Crippen LogP contribution < -0.4 is 11.1 Å². The van der Waals surface area contributed by atoms with Gasteiger partial charge in [0.1, 0.15) is 23.0 Å². The van der Waals surface area contributed by atoms with Crippen LogP contribution in [0.5, 0.6) is 0 Å². The van der Waals surface area contributed by atoms with Crippen LogP contribution in [0.15, 0.2) is 130 Å². The van der Waals surface area contributed by atoms with Crippen LogP contribution in [-0.4, -0.2) is 16.2 Å².